The van der Waals surface area contributed by atoms with E-state index in [0.29, 0.717) is 17.7 Å². The van der Waals surface area contributed by atoms with Crippen LogP contribution >= 0.6 is 0 Å². The average molecular weight is 541 g/mol. The quantitative estimate of drug-likeness (QED) is 0.493. The zero-order valence-electron chi connectivity index (χ0n) is 22.5. The summed E-state index contributed by atoms with van der Waals surface area (Å²) in [5, 5.41) is 4.27. The minimum atomic E-state index is -3.68. The van der Waals surface area contributed by atoms with E-state index in [1.807, 2.05) is 27.0 Å². The lowest BCUT2D eigenvalue weighted by molar-refractivity contribution is 0.0192. The molecular formula is C27H36N6O4S. The van der Waals surface area contributed by atoms with E-state index in [0.717, 1.165) is 11.0 Å². The molecule has 2 aliphatic rings. The van der Waals surface area contributed by atoms with Crippen molar-refractivity contribution >= 4 is 38.8 Å². The first-order chi connectivity index (χ1) is 18.0. The van der Waals surface area contributed by atoms with E-state index in [1.54, 1.807) is 29.2 Å². The van der Waals surface area contributed by atoms with Gasteiger partial charge in [-0.05, 0) is 70.4 Å². The molecule has 1 amide bonds. The number of anilines is 2. The number of ether oxygens (including phenoxy) is 1. The topological polar surface area (TPSA) is 110 Å². The molecule has 1 saturated heterocycles. The molecule has 1 saturated carbocycles. The van der Waals surface area contributed by atoms with Gasteiger partial charge in [-0.15, -0.1) is 0 Å². The van der Waals surface area contributed by atoms with Gasteiger partial charge < -0.3 is 19.5 Å². The van der Waals surface area contributed by atoms with Crippen molar-refractivity contribution in [2.24, 2.45) is 0 Å². The first kappa shape index (κ1) is 26.4. The summed E-state index contributed by atoms with van der Waals surface area (Å²) in [5.74, 6) is 0.476. The number of aryl methyl sites for hydroxylation is 1. The highest BCUT2D eigenvalue weighted by atomic mass is 32.2. The number of hydrogen-bond donors (Lipinski definition) is 1. The van der Waals surface area contributed by atoms with Gasteiger partial charge in [-0.2, -0.15) is 9.29 Å². The average Bonchev–Trinajstić information content (AvgIpc) is 3.51. The molecule has 0 bridgehead atoms. The molecule has 3 heterocycles. The number of hydrogen-bond acceptors (Lipinski definition) is 7. The smallest absolute Gasteiger partial charge is 0.410 e. The monoisotopic (exact) mass is 540 g/mol. The number of amides is 1. The Bertz CT molecular complexity index is 1410. The lowest BCUT2D eigenvalue weighted by Crippen LogP contribution is -2.51. The molecule has 0 radical (unpaired) electrons. The maximum Gasteiger partial charge on any atom is 0.410 e. The van der Waals surface area contributed by atoms with Gasteiger partial charge in [0.05, 0.1) is 4.90 Å². The fourth-order valence-corrected chi connectivity index (χ4v) is 6.56. The second-order valence-corrected chi connectivity index (χ2v) is 13.0. The predicted octanol–water partition coefficient (Wildman–Crippen LogP) is 4.84. The number of nitrogens with one attached hydrogen (secondary N) is 1. The molecule has 204 valence electrons. The van der Waals surface area contributed by atoms with Crippen LogP contribution in [-0.4, -0.2) is 70.0 Å². The van der Waals surface area contributed by atoms with Crippen molar-refractivity contribution < 1.29 is 17.9 Å². The van der Waals surface area contributed by atoms with E-state index in [1.165, 1.54) is 35.6 Å². The molecule has 2 fully saturated rings. The van der Waals surface area contributed by atoms with Crippen molar-refractivity contribution in [2.45, 2.75) is 69.9 Å². The van der Waals surface area contributed by atoms with Crippen LogP contribution in [-0.2, 0) is 14.8 Å². The SMILES string of the molecule is Cc1cn(C2CCCC2)c2nc(Nc3ccc(S(=O)(=O)N4CCN(C(=O)OC(C)(C)C)CC4)cc3)ncc12. The van der Waals surface area contributed by atoms with Gasteiger partial charge in [0.2, 0.25) is 16.0 Å². The maximum atomic E-state index is 13.2. The van der Waals surface area contributed by atoms with Crippen LogP contribution in [0.1, 0.15) is 58.1 Å². The number of carbonyl (C=O) groups excluding carboxylic acids is 1. The number of carbonyl (C=O) groups is 1. The van der Waals surface area contributed by atoms with Crippen LogP contribution in [0.3, 0.4) is 0 Å². The number of benzene rings is 1. The summed E-state index contributed by atoms with van der Waals surface area (Å²) in [7, 11) is -3.68. The summed E-state index contributed by atoms with van der Waals surface area (Å²) < 4.78 is 35.5. The Kier molecular flexibility index (Phi) is 7.08. The Labute approximate surface area is 224 Å². The van der Waals surface area contributed by atoms with Gasteiger partial charge >= 0.3 is 6.09 Å². The first-order valence-corrected chi connectivity index (χ1v) is 14.6. The van der Waals surface area contributed by atoms with E-state index in [-0.39, 0.29) is 31.1 Å². The largest absolute Gasteiger partial charge is 0.444 e. The molecule has 0 atom stereocenters. The van der Waals surface area contributed by atoms with Gasteiger partial charge in [-0.25, -0.2) is 18.2 Å². The third-order valence-electron chi connectivity index (χ3n) is 7.13. The van der Waals surface area contributed by atoms with Crippen LogP contribution in [0.2, 0.25) is 0 Å². The van der Waals surface area contributed by atoms with Gasteiger partial charge in [-0.1, -0.05) is 12.8 Å². The summed E-state index contributed by atoms with van der Waals surface area (Å²) in [6.07, 6.45) is 8.43. The molecule has 1 aliphatic heterocycles. The maximum absolute atomic E-state index is 13.2. The van der Waals surface area contributed by atoms with Crippen LogP contribution in [0, 0.1) is 6.92 Å². The summed E-state index contributed by atoms with van der Waals surface area (Å²) in [6.45, 7) is 8.52. The Morgan fingerprint density at radius 2 is 1.71 bits per heavy atom. The van der Waals surface area contributed by atoms with Crippen LogP contribution < -0.4 is 5.32 Å². The molecule has 1 N–H and O–H groups in total. The number of piperazine rings is 1. The van der Waals surface area contributed by atoms with Crippen molar-refractivity contribution in [3.05, 3.63) is 42.2 Å². The van der Waals surface area contributed by atoms with Gasteiger partial charge in [0.25, 0.3) is 0 Å². The fraction of sp³-hybridized carbons (Fsp3) is 0.519. The standard InChI is InChI=1S/C27H36N6O4S/c1-19-18-33(21-7-5-6-8-21)24-23(19)17-28-25(30-24)29-20-9-11-22(12-10-20)38(35,36)32-15-13-31(14-16-32)26(34)37-27(2,3)4/h9-12,17-18,21H,5-8,13-16H2,1-4H3,(H,28,29,30). The third kappa shape index (κ3) is 5.49. The van der Waals surface area contributed by atoms with Crippen molar-refractivity contribution in [3.63, 3.8) is 0 Å². The van der Waals surface area contributed by atoms with E-state index < -0.39 is 21.7 Å². The number of fused-ring (bicyclic) bond motifs is 1. The molecule has 0 unspecified atom stereocenters. The molecule has 1 aromatic carbocycles. The minimum absolute atomic E-state index is 0.205. The van der Waals surface area contributed by atoms with E-state index in [2.05, 4.69) is 28.0 Å². The highest BCUT2D eigenvalue weighted by Gasteiger charge is 2.32. The Morgan fingerprint density at radius 3 is 2.34 bits per heavy atom. The molecule has 5 rings (SSSR count). The lowest BCUT2D eigenvalue weighted by atomic mass is 10.2. The Hall–Kier alpha value is -3.18. The second-order valence-electron chi connectivity index (χ2n) is 11.1. The third-order valence-corrected chi connectivity index (χ3v) is 9.04. The Balaban J connectivity index is 1.25. The number of nitrogens with zero attached hydrogens (tertiary/aromatic N) is 5. The summed E-state index contributed by atoms with van der Waals surface area (Å²) in [6, 6.07) is 7.09. The number of aromatic nitrogens is 3. The fourth-order valence-electron chi connectivity index (χ4n) is 5.13. The highest BCUT2D eigenvalue weighted by molar-refractivity contribution is 7.89. The molecule has 0 spiro atoms. The van der Waals surface area contributed by atoms with Gasteiger partial charge in [0.1, 0.15) is 11.2 Å². The first-order valence-electron chi connectivity index (χ1n) is 13.2. The van der Waals surface area contributed by atoms with E-state index in [4.69, 9.17) is 9.72 Å². The molecule has 11 heteroatoms. The Morgan fingerprint density at radius 1 is 1.05 bits per heavy atom. The lowest BCUT2D eigenvalue weighted by Gasteiger charge is -2.35. The zero-order valence-corrected chi connectivity index (χ0v) is 23.3. The van der Waals surface area contributed by atoms with Crippen LogP contribution in [0.4, 0.5) is 16.4 Å². The molecule has 10 nitrogen and oxygen atoms in total. The molecule has 1 aliphatic carbocycles. The molecule has 2 aromatic heterocycles. The van der Waals surface area contributed by atoms with Gasteiger partial charge in [-0.3, -0.25) is 0 Å². The normalized spacial score (nSPS) is 17.7. The predicted molar refractivity (Wildman–Crippen MR) is 146 cm³/mol. The van der Waals surface area contributed by atoms with Gasteiger partial charge in [0, 0.05) is 55.7 Å². The zero-order chi connectivity index (χ0) is 27.1. The number of rotatable bonds is 5. The van der Waals surface area contributed by atoms with Gasteiger partial charge in [0.15, 0.2) is 0 Å². The molecular weight excluding hydrogens is 504 g/mol. The highest BCUT2D eigenvalue weighted by Crippen LogP contribution is 2.34. The van der Waals surface area contributed by atoms with Crippen LogP contribution in [0.25, 0.3) is 11.0 Å². The number of sulfonamides is 1. The van der Waals surface area contributed by atoms with Crippen molar-refractivity contribution in [1.29, 1.82) is 0 Å². The molecule has 3 aromatic rings. The van der Waals surface area contributed by atoms with Crippen molar-refractivity contribution in [1.82, 2.24) is 23.7 Å². The summed E-state index contributed by atoms with van der Waals surface area (Å²) in [4.78, 5) is 23.3. The summed E-state index contributed by atoms with van der Waals surface area (Å²) in [5.41, 5.74) is 2.21. The van der Waals surface area contributed by atoms with Crippen LogP contribution in [0.5, 0.6) is 0 Å². The second kappa shape index (κ2) is 10.2. The minimum Gasteiger partial charge on any atom is -0.444 e. The van der Waals surface area contributed by atoms with E-state index >= 15 is 0 Å². The van der Waals surface area contributed by atoms with E-state index in [9.17, 15) is 13.2 Å². The molecule has 38 heavy (non-hydrogen) atoms. The van der Waals surface area contributed by atoms with Crippen molar-refractivity contribution in [3.8, 4) is 0 Å². The van der Waals surface area contributed by atoms with Crippen molar-refractivity contribution in [2.75, 3.05) is 31.5 Å². The summed E-state index contributed by atoms with van der Waals surface area (Å²) >= 11 is 0. The van der Waals surface area contributed by atoms with Crippen LogP contribution in [0.15, 0.2) is 41.6 Å².